The lowest BCUT2D eigenvalue weighted by atomic mass is 9.82. The van der Waals surface area contributed by atoms with Gasteiger partial charge in [-0.2, -0.15) is 0 Å². The Bertz CT molecular complexity index is 3090. The number of benzene rings is 10. The minimum Gasteiger partial charge on any atom is -0.0622 e. The molecule has 11 rings (SSSR count). The van der Waals surface area contributed by atoms with Crippen LogP contribution < -0.4 is 0 Å². The number of hydrogen-bond donors (Lipinski definition) is 0. The molecule has 0 heterocycles. The Hall–Kier alpha value is -6.76. The van der Waals surface area contributed by atoms with Crippen molar-refractivity contribution >= 4 is 43.1 Å². The standard InChI is InChI=1S/C55H38/c1-55(2)50-32-29-39(34-49(50)54-41-17-7-6-16-37(41)28-33-51(54)55)35-24-26-38(27-25-35)52-44-20-10-12-22-46(44)53(47-23-13-11-21-45(47)52)48-31-30-40(36-14-4-3-5-15-36)42-18-8-9-19-43(42)48/h3-34H,1-2H3. The van der Waals surface area contributed by atoms with Crippen LogP contribution in [0, 0.1) is 0 Å². The molecule has 0 aromatic heterocycles. The van der Waals surface area contributed by atoms with Gasteiger partial charge in [-0.25, -0.2) is 0 Å². The first kappa shape index (κ1) is 31.7. The summed E-state index contributed by atoms with van der Waals surface area (Å²) in [6, 6.07) is 72.1. The van der Waals surface area contributed by atoms with Crippen molar-refractivity contribution in [1.29, 1.82) is 0 Å². The third-order valence-electron chi connectivity index (χ3n) is 12.3. The van der Waals surface area contributed by atoms with E-state index >= 15 is 0 Å². The summed E-state index contributed by atoms with van der Waals surface area (Å²) in [5.74, 6) is 0. The van der Waals surface area contributed by atoms with Crippen LogP contribution >= 0.6 is 0 Å². The van der Waals surface area contributed by atoms with E-state index in [0.717, 1.165) is 0 Å². The van der Waals surface area contributed by atoms with E-state index in [1.165, 1.54) is 110 Å². The summed E-state index contributed by atoms with van der Waals surface area (Å²) in [6.45, 7) is 4.73. The first-order valence-electron chi connectivity index (χ1n) is 19.4. The molecule has 0 heteroatoms. The molecular formula is C55H38. The summed E-state index contributed by atoms with van der Waals surface area (Å²) in [7, 11) is 0. The monoisotopic (exact) mass is 698 g/mol. The molecule has 0 spiro atoms. The molecule has 1 aliphatic carbocycles. The van der Waals surface area contributed by atoms with Crippen molar-refractivity contribution in [2.75, 3.05) is 0 Å². The predicted octanol–water partition coefficient (Wildman–Crippen LogP) is 15.3. The Labute approximate surface area is 322 Å². The van der Waals surface area contributed by atoms with Gasteiger partial charge in [0.05, 0.1) is 0 Å². The third-order valence-corrected chi connectivity index (χ3v) is 12.3. The highest BCUT2D eigenvalue weighted by Crippen LogP contribution is 2.52. The van der Waals surface area contributed by atoms with Gasteiger partial charge >= 0.3 is 0 Å². The molecule has 0 N–H and O–H groups in total. The second-order valence-corrected chi connectivity index (χ2v) is 15.6. The Morgan fingerprint density at radius 1 is 0.273 bits per heavy atom. The minimum absolute atomic E-state index is 0.0401. The van der Waals surface area contributed by atoms with Gasteiger partial charge in [0.1, 0.15) is 0 Å². The summed E-state index contributed by atoms with van der Waals surface area (Å²) in [6.07, 6.45) is 0. The van der Waals surface area contributed by atoms with Crippen LogP contribution in [0.25, 0.3) is 98.7 Å². The van der Waals surface area contributed by atoms with Gasteiger partial charge < -0.3 is 0 Å². The SMILES string of the molecule is CC1(C)c2ccc(-c3ccc(-c4c5ccccc5c(-c5ccc(-c6ccccc6)c6ccccc56)c5ccccc45)cc3)cc2-c2c1ccc1ccccc21. The van der Waals surface area contributed by atoms with E-state index in [4.69, 9.17) is 0 Å². The zero-order valence-electron chi connectivity index (χ0n) is 31.0. The van der Waals surface area contributed by atoms with Crippen LogP contribution in [0.3, 0.4) is 0 Å². The Morgan fingerprint density at radius 2 is 0.764 bits per heavy atom. The molecule has 0 fully saturated rings. The average molecular weight is 699 g/mol. The van der Waals surface area contributed by atoms with Crippen molar-refractivity contribution in [2.24, 2.45) is 0 Å². The fourth-order valence-corrected chi connectivity index (χ4v) is 9.65. The lowest BCUT2D eigenvalue weighted by Gasteiger charge is -2.21. The molecule has 0 atom stereocenters. The summed E-state index contributed by atoms with van der Waals surface area (Å²) >= 11 is 0. The van der Waals surface area contributed by atoms with Crippen molar-refractivity contribution < 1.29 is 0 Å². The second-order valence-electron chi connectivity index (χ2n) is 15.6. The van der Waals surface area contributed by atoms with Crippen LogP contribution in [-0.4, -0.2) is 0 Å². The molecule has 0 unspecified atom stereocenters. The van der Waals surface area contributed by atoms with Crippen LogP contribution in [0.5, 0.6) is 0 Å². The van der Waals surface area contributed by atoms with E-state index in [-0.39, 0.29) is 5.41 Å². The Kier molecular flexibility index (Phi) is 7.00. The van der Waals surface area contributed by atoms with Gasteiger partial charge in [0.2, 0.25) is 0 Å². The predicted molar refractivity (Wildman–Crippen MR) is 236 cm³/mol. The van der Waals surface area contributed by atoms with Gasteiger partial charge in [0, 0.05) is 5.41 Å². The van der Waals surface area contributed by atoms with Gasteiger partial charge in [-0.15, -0.1) is 0 Å². The summed E-state index contributed by atoms with van der Waals surface area (Å²) in [5.41, 5.74) is 15.6. The maximum atomic E-state index is 2.43. The van der Waals surface area contributed by atoms with Crippen molar-refractivity contribution in [1.82, 2.24) is 0 Å². The van der Waals surface area contributed by atoms with Gasteiger partial charge in [-0.1, -0.05) is 202 Å². The summed E-state index contributed by atoms with van der Waals surface area (Å²) in [5, 5.41) is 10.2. The molecule has 10 aromatic rings. The van der Waals surface area contributed by atoms with Crippen molar-refractivity contribution in [3.63, 3.8) is 0 Å². The van der Waals surface area contributed by atoms with Crippen LogP contribution in [0.15, 0.2) is 194 Å². The van der Waals surface area contributed by atoms with Crippen LogP contribution in [0.2, 0.25) is 0 Å². The molecule has 0 saturated carbocycles. The zero-order valence-corrected chi connectivity index (χ0v) is 31.0. The lowest BCUT2D eigenvalue weighted by Crippen LogP contribution is -2.14. The normalized spacial score (nSPS) is 13.1. The highest BCUT2D eigenvalue weighted by molar-refractivity contribution is 6.24. The smallest absolute Gasteiger partial charge is 0.0159 e. The molecule has 0 nitrogen and oxygen atoms in total. The fraction of sp³-hybridized carbons (Fsp3) is 0.0545. The number of hydrogen-bond acceptors (Lipinski definition) is 0. The fourth-order valence-electron chi connectivity index (χ4n) is 9.65. The topological polar surface area (TPSA) is 0 Å². The number of fused-ring (bicyclic) bond motifs is 8. The number of rotatable bonds is 4. The van der Waals surface area contributed by atoms with Gasteiger partial charge in [0.15, 0.2) is 0 Å². The van der Waals surface area contributed by atoms with Crippen molar-refractivity contribution in [3.8, 4) is 55.6 Å². The molecule has 0 radical (unpaired) electrons. The Balaban J connectivity index is 1.07. The molecule has 0 bridgehead atoms. The molecule has 55 heavy (non-hydrogen) atoms. The third kappa shape index (κ3) is 4.78. The van der Waals surface area contributed by atoms with Gasteiger partial charge in [0.25, 0.3) is 0 Å². The molecule has 258 valence electrons. The van der Waals surface area contributed by atoms with Gasteiger partial charge in [-0.3, -0.25) is 0 Å². The van der Waals surface area contributed by atoms with Crippen LogP contribution in [0.1, 0.15) is 25.0 Å². The maximum Gasteiger partial charge on any atom is 0.0159 e. The highest BCUT2D eigenvalue weighted by Gasteiger charge is 2.36. The van der Waals surface area contributed by atoms with E-state index in [1.807, 2.05) is 0 Å². The Morgan fingerprint density at radius 3 is 1.44 bits per heavy atom. The first-order valence-corrected chi connectivity index (χ1v) is 19.4. The molecule has 1 aliphatic rings. The quantitative estimate of drug-likeness (QED) is 0.161. The van der Waals surface area contributed by atoms with E-state index in [2.05, 4.69) is 208 Å². The van der Waals surface area contributed by atoms with Gasteiger partial charge in [-0.05, 0) is 116 Å². The van der Waals surface area contributed by atoms with E-state index in [0.29, 0.717) is 0 Å². The molecule has 0 aliphatic heterocycles. The summed E-state index contributed by atoms with van der Waals surface area (Å²) < 4.78 is 0. The average Bonchev–Trinajstić information content (AvgIpc) is 3.48. The lowest BCUT2D eigenvalue weighted by molar-refractivity contribution is 0.661. The molecule has 10 aromatic carbocycles. The van der Waals surface area contributed by atoms with Crippen molar-refractivity contribution in [3.05, 3.63) is 205 Å². The van der Waals surface area contributed by atoms with E-state index in [1.54, 1.807) is 0 Å². The zero-order chi connectivity index (χ0) is 36.7. The molecular weight excluding hydrogens is 661 g/mol. The second kappa shape index (κ2) is 12.1. The van der Waals surface area contributed by atoms with Crippen molar-refractivity contribution in [2.45, 2.75) is 19.3 Å². The molecule has 0 amide bonds. The van der Waals surface area contributed by atoms with E-state index in [9.17, 15) is 0 Å². The molecule has 0 saturated heterocycles. The maximum absolute atomic E-state index is 2.43. The summed E-state index contributed by atoms with van der Waals surface area (Å²) in [4.78, 5) is 0. The van der Waals surface area contributed by atoms with Crippen LogP contribution in [-0.2, 0) is 5.41 Å². The largest absolute Gasteiger partial charge is 0.0622 e. The first-order chi connectivity index (χ1) is 27.1. The highest BCUT2D eigenvalue weighted by atomic mass is 14.4. The minimum atomic E-state index is -0.0401. The van der Waals surface area contributed by atoms with E-state index < -0.39 is 0 Å². The van der Waals surface area contributed by atoms with Crippen LogP contribution in [0.4, 0.5) is 0 Å².